The number of methoxy groups -OCH3 is 1. The summed E-state index contributed by atoms with van der Waals surface area (Å²) in [5, 5.41) is 2.90. The van der Waals surface area contributed by atoms with Gasteiger partial charge >= 0.3 is 0 Å². The van der Waals surface area contributed by atoms with Crippen LogP contribution < -0.4 is 15.0 Å². The summed E-state index contributed by atoms with van der Waals surface area (Å²) >= 11 is 0. The van der Waals surface area contributed by atoms with Gasteiger partial charge in [0, 0.05) is 37.9 Å². The molecule has 2 heterocycles. The van der Waals surface area contributed by atoms with E-state index in [2.05, 4.69) is 15.1 Å². The third-order valence-electron chi connectivity index (χ3n) is 5.26. The van der Waals surface area contributed by atoms with Gasteiger partial charge in [-0.25, -0.2) is 8.42 Å². The second-order valence-electron chi connectivity index (χ2n) is 7.01. The normalized spacial score (nSPS) is 24.2. The van der Waals surface area contributed by atoms with E-state index in [4.69, 9.17) is 4.74 Å². The zero-order valence-corrected chi connectivity index (χ0v) is 16.2. The van der Waals surface area contributed by atoms with E-state index in [0.717, 1.165) is 37.6 Å². The van der Waals surface area contributed by atoms with E-state index < -0.39 is 9.84 Å². The van der Waals surface area contributed by atoms with Gasteiger partial charge < -0.3 is 15.0 Å². The van der Waals surface area contributed by atoms with Crippen molar-refractivity contribution < 1.29 is 17.9 Å². The fraction of sp³-hybridized carbons (Fsp3) is 0.611. The minimum absolute atomic E-state index is 0.0662. The quantitative estimate of drug-likeness (QED) is 0.801. The average Bonchev–Trinajstić information content (AvgIpc) is 2.99. The summed E-state index contributed by atoms with van der Waals surface area (Å²) in [6, 6.07) is 7.50. The summed E-state index contributed by atoms with van der Waals surface area (Å²) in [7, 11) is -1.32. The van der Waals surface area contributed by atoms with Gasteiger partial charge in [0.15, 0.2) is 9.84 Å². The first-order chi connectivity index (χ1) is 12.4. The van der Waals surface area contributed by atoms with Crippen molar-refractivity contribution in [2.75, 3.05) is 49.7 Å². The van der Waals surface area contributed by atoms with Gasteiger partial charge in [0.1, 0.15) is 5.75 Å². The summed E-state index contributed by atoms with van der Waals surface area (Å²) in [4.78, 5) is 16.9. The molecule has 1 amide bonds. The Hall–Kier alpha value is -1.80. The number of hydrogen-bond acceptors (Lipinski definition) is 6. The molecule has 0 saturated carbocycles. The van der Waals surface area contributed by atoms with Crippen molar-refractivity contribution in [3.63, 3.8) is 0 Å². The van der Waals surface area contributed by atoms with Crippen LogP contribution in [0.1, 0.15) is 13.3 Å². The molecule has 2 saturated heterocycles. The number of sulfone groups is 1. The number of amides is 1. The third-order valence-corrected chi connectivity index (χ3v) is 7.03. The largest absolute Gasteiger partial charge is 0.497 e. The molecule has 0 unspecified atom stereocenters. The molecule has 1 N–H and O–H groups in total. The topological polar surface area (TPSA) is 79.0 Å². The Balaban J connectivity index is 1.49. The molecule has 0 aromatic heterocycles. The van der Waals surface area contributed by atoms with E-state index in [1.165, 1.54) is 0 Å². The van der Waals surface area contributed by atoms with Crippen LogP contribution in [0.3, 0.4) is 0 Å². The third kappa shape index (κ3) is 4.48. The number of anilines is 1. The van der Waals surface area contributed by atoms with Crippen molar-refractivity contribution in [3.8, 4) is 5.75 Å². The number of carbonyl (C=O) groups excluding carboxylic acids is 1. The van der Waals surface area contributed by atoms with Gasteiger partial charge in [0.2, 0.25) is 5.91 Å². The fourth-order valence-electron chi connectivity index (χ4n) is 3.56. The van der Waals surface area contributed by atoms with E-state index >= 15 is 0 Å². The lowest BCUT2D eigenvalue weighted by molar-refractivity contribution is -0.126. The van der Waals surface area contributed by atoms with Crippen LogP contribution in [0, 0.1) is 0 Å². The number of nitrogens with zero attached hydrogens (tertiary/aromatic N) is 2. The first-order valence-electron chi connectivity index (χ1n) is 9.02. The lowest BCUT2D eigenvalue weighted by Crippen LogP contribution is -2.55. The highest BCUT2D eigenvalue weighted by Gasteiger charge is 2.32. The SMILES string of the molecule is COc1ccc(N2CCN([C@@H](C)C(=O)N[C@H]3CCS(=O)(=O)C3)CC2)cc1. The molecular weight excluding hydrogens is 354 g/mol. The molecule has 2 atom stereocenters. The Kier molecular flexibility index (Phi) is 5.72. The number of carbonyl (C=O) groups is 1. The molecule has 1 aromatic carbocycles. The van der Waals surface area contributed by atoms with E-state index in [1.807, 2.05) is 31.2 Å². The Labute approximate surface area is 155 Å². The number of nitrogens with one attached hydrogen (secondary N) is 1. The van der Waals surface area contributed by atoms with Crippen molar-refractivity contribution in [2.24, 2.45) is 0 Å². The summed E-state index contributed by atoms with van der Waals surface area (Å²) in [6.07, 6.45) is 0.520. The summed E-state index contributed by atoms with van der Waals surface area (Å²) < 4.78 is 28.3. The van der Waals surface area contributed by atoms with Crippen molar-refractivity contribution in [1.29, 1.82) is 0 Å². The Morgan fingerprint density at radius 1 is 1.19 bits per heavy atom. The number of piperazine rings is 1. The van der Waals surface area contributed by atoms with Crippen LogP contribution in [0.2, 0.25) is 0 Å². The van der Waals surface area contributed by atoms with Gasteiger partial charge in [0.25, 0.3) is 0 Å². The van der Waals surface area contributed by atoms with Crippen LogP contribution in [0.5, 0.6) is 5.75 Å². The second kappa shape index (κ2) is 7.84. The van der Waals surface area contributed by atoms with Gasteiger partial charge in [-0.1, -0.05) is 0 Å². The molecule has 2 aliphatic heterocycles. The minimum Gasteiger partial charge on any atom is -0.497 e. The lowest BCUT2D eigenvalue weighted by atomic mass is 10.1. The number of ether oxygens (including phenoxy) is 1. The molecule has 3 rings (SSSR count). The molecular formula is C18H27N3O4S. The van der Waals surface area contributed by atoms with Crippen molar-refractivity contribution in [1.82, 2.24) is 10.2 Å². The van der Waals surface area contributed by atoms with Gasteiger partial charge in [0.05, 0.1) is 24.7 Å². The smallest absolute Gasteiger partial charge is 0.237 e. The fourth-order valence-corrected chi connectivity index (χ4v) is 5.23. The summed E-state index contributed by atoms with van der Waals surface area (Å²) in [5.41, 5.74) is 1.15. The van der Waals surface area contributed by atoms with Crippen molar-refractivity contribution >= 4 is 21.4 Å². The standard InChI is InChI=1S/C18H27N3O4S/c1-14(18(22)19-15-7-12-26(23,24)13-15)20-8-10-21(11-9-20)16-3-5-17(25-2)6-4-16/h3-6,14-15H,7-13H2,1-2H3,(H,19,22)/t14-,15-/m0/s1. The van der Waals surface area contributed by atoms with Crippen LogP contribution in [0.15, 0.2) is 24.3 Å². The molecule has 7 nitrogen and oxygen atoms in total. The predicted molar refractivity (Wildman–Crippen MR) is 101 cm³/mol. The molecule has 2 fully saturated rings. The molecule has 8 heteroatoms. The Morgan fingerprint density at radius 3 is 2.38 bits per heavy atom. The molecule has 0 radical (unpaired) electrons. The lowest BCUT2D eigenvalue weighted by Gasteiger charge is -2.38. The number of rotatable bonds is 5. The highest BCUT2D eigenvalue weighted by atomic mass is 32.2. The first-order valence-corrected chi connectivity index (χ1v) is 10.8. The second-order valence-corrected chi connectivity index (χ2v) is 9.23. The zero-order valence-electron chi connectivity index (χ0n) is 15.3. The van der Waals surface area contributed by atoms with E-state index in [1.54, 1.807) is 7.11 Å². The summed E-state index contributed by atoms with van der Waals surface area (Å²) in [5.74, 6) is 1.00. The molecule has 26 heavy (non-hydrogen) atoms. The maximum absolute atomic E-state index is 12.5. The highest BCUT2D eigenvalue weighted by molar-refractivity contribution is 7.91. The maximum Gasteiger partial charge on any atom is 0.237 e. The highest BCUT2D eigenvalue weighted by Crippen LogP contribution is 2.21. The maximum atomic E-state index is 12.5. The molecule has 0 bridgehead atoms. The number of hydrogen-bond donors (Lipinski definition) is 1. The Bertz CT molecular complexity index is 727. The minimum atomic E-state index is -2.98. The number of benzene rings is 1. The van der Waals surface area contributed by atoms with E-state index in [-0.39, 0.29) is 29.5 Å². The van der Waals surface area contributed by atoms with Crippen LogP contribution >= 0.6 is 0 Å². The molecule has 0 spiro atoms. The van der Waals surface area contributed by atoms with Gasteiger partial charge in [-0.15, -0.1) is 0 Å². The predicted octanol–water partition coefficient (Wildman–Crippen LogP) is 0.509. The van der Waals surface area contributed by atoms with Crippen LogP contribution in [-0.2, 0) is 14.6 Å². The molecule has 0 aliphatic carbocycles. The zero-order chi connectivity index (χ0) is 18.7. The molecule has 1 aromatic rings. The first kappa shape index (κ1) is 19.0. The van der Waals surface area contributed by atoms with E-state index in [0.29, 0.717) is 6.42 Å². The summed E-state index contributed by atoms with van der Waals surface area (Å²) in [6.45, 7) is 5.18. The average molecular weight is 381 g/mol. The van der Waals surface area contributed by atoms with Crippen LogP contribution in [-0.4, -0.2) is 76.1 Å². The van der Waals surface area contributed by atoms with Crippen molar-refractivity contribution in [3.05, 3.63) is 24.3 Å². The monoisotopic (exact) mass is 381 g/mol. The van der Waals surface area contributed by atoms with Crippen LogP contribution in [0.25, 0.3) is 0 Å². The van der Waals surface area contributed by atoms with Gasteiger partial charge in [-0.3, -0.25) is 9.69 Å². The molecule has 144 valence electrons. The van der Waals surface area contributed by atoms with Gasteiger partial charge in [-0.05, 0) is 37.6 Å². The Morgan fingerprint density at radius 2 is 1.85 bits per heavy atom. The van der Waals surface area contributed by atoms with E-state index in [9.17, 15) is 13.2 Å². The molecule has 2 aliphatic rings. The van der Waals surface area contributed by atoms with Gasteiger partial charge in [-0.2, -0.15) is 0 Å². The van der Waals surface area contributed by atoms with Crippen molar-refractivity contribution in [2.45, 2.75) is 25.4 Å². The van der Waals surface area contributed by atoms with Crippen LogP contribution in [0.4, 0.5) is 5.69 Å².